The number of hydrazine groups is 1. The van der Waals surface area contributed by atoms with Gasteiger partial charge in [0, 0.05) is 5.75 Å². The maximum absolute atomic E-state index is 12.6. The molecule has 90 valence electrons. The van der Waals surface area contributed by atoms with Crippen molar-refractivity contribution in [3.8, 4) is 6.19 Å². The van der Waals surface area contributed by atoms with Crippen molar-refractivity contribution >= 4 is 35.2 Å². The third-order valence-corrected chi connectivity index (χ3v) is 3.04. The van der Waals surface area contributed by atoms with Crippen molar-refractivity contribution in [3.63, 3.8) is 0 Å². The van der Waals surface area contributed by atoms with E-state index in [0.717, 1.165) is 5.75 Å². The first-order valence-corrected chi connectivity index (χ1v) is 6.36. The van der Waals surface area contributed by atoms with E-state index < -0.39 is 0 Å². The zero-order valence-corrected chi connectivity index (χ0v) is 10.6. The zero-order valence-electron chi connectivity index (χ0n) is 8.85. The van der Waals surface area contributed by atoms with E-state index in [1.165, 1.54) is 23.9 Å². The van der Waals surface area contributed by atoms with E-state index in [9.17, 15) is 4.39 Å². The summed E-state index contributed by atoms with van der Waals surface area (Å²) in [5.41, 5.74) is 6.28. The molecule has 0 radical (unpaired) electrons. The molecule has 0 aromatic heterocycles. The predicted molar refractivity (Wildman–Crippen MR) is 72.5 cm³/mol. The average molecular weight is 270 g/mol. The molecule has 0 unspecified atom stereocenters. The van der Waals surface area contributed by atoms with Crippen LogP contribution in [0.5, 0.6) is 0 Å². The van der Waals surface area contributed by atoms with Crippen molar-refractivity contribution in [3.05, 3.63) is 30.1 Å². The van der Waals surface area contributed by atoms with Crippen LogP contribution in [0.2, 0.25) is 0 Å². The molecule has 0 atom stereocenters. The van der Waals surface area contributed by atoms with Crippen molar-refractivity contribution in [2.45, 2.75) is 0 Å². The Bertz CT molecular complexity index is 413. The predicted octanol–water partition coefficient (Wildman–Crippen LogP) is 2.24. The van der Waals surface area contributed by atoms with Gasteiger partial charge in [-0.25, -0.2) is 4.39 Å². The van der Waals surface area contributed by atoms with Crippen LogP contribution in [0.3, 0.4) is 0 Å². The molecule has 2 N–H and O–H groups in total. The molecular weight excluding hydrogens is 259 g/mol. The molecule has 0 saturated carbocycles. The summed E-state index contributed by atoms with van der Waals surface area (Å²) in [4.78, 5) is 3.60. The Kier molecular flexibility index (Phi) is 6.29. The molecule has 0 bridgehead atoms. The highest BCUT2D eigenvalue weighted by molar-refractivity contribution is 8.14. The van der Waals surface area contributed by atoms with E-state index in [1.54, 1.807) is 18.3 Å². The van der Waals surface area contributed by atoms with Crippen LogP contribution in [-0.2, 0) is 0 Å². The molecule has 0 amide bonds. The Labute approximate surface area is 109 Å². The summed E-state index contributed by atoms with van der Waals surface area (Å²) >= 11 is 5.44. The van der Waals surface area contributed by atoms with Crippen LogP contribution < -0.4 is 10.9 Å². The highest BCUT2D eigenvalue weighted by Crippen LogP contribution is 2.08. The fourth-order valence-electron chi connectivity index (χ4n) is 0.943. The Morgan fingerprint density at radius 2 is 2.18 bits per heavy atom. The average Bonchev–Trinajstić information content (AvgIpc) is 2.35. The minimum atomic E-state index is -0.300. The molecule has 0 spiro atoms. The zero-order chi connectivity index (χ0) is 12.5. The first-order chi connectivity index (χ1) is 8.26. The second-order valence-corrected chi connectivity index (χ2v) is 4.38. The van der Waals surface area contributed by atoms with Gasteiger partial charge >= 0.3 is 0 Å². The second kappa shape index (κ2) is 7.81. The summed E-state index contributed by atoms with van der Waals surface area (Å²) in [6.07, 6.45) is 1.70. The largest absolute Gasteiger partial charge is 0.299 e. The van der Waals surface area contributed by atoms with Gasteiger partial charge in [-0.2, -0.15) is 17.9 Å². The summed E-state index contributed by atoms with van der Waals surface area (Å²) in [5, 5.41) is 8.93. The molecule has 0 saturated heterocycles. The van der Waals surface area contributed by atoms with Crippen LogP contribution in [0.1, 0.15) is 0 Å². The van der Waals surface area contributed by atoms with Crippen LogP contribution in [0.25, 0.3) is 0 Å². The molecule has 0 fully saturated rings. The SMILES string of the molecule is N#CN=C(NNc1ccc(F)cc1)SCCS. The number of halogens is 1. The van der Waals surface area contributed by atoms with E-state index in [2.05, 4.69) is 28.5 Å². The number of nitrogens with zero attached hydrogens (tertiary/aromatic N) is 2. The van der Waals surface area contributed by atoms with Gasteiger partial charge in [0.05, 0.1) is 5.69 Å². The number of hydrogen-bond acceptors (Lipinski definition) is 5. The number of rotatable bonds is 4. The van der Waals surface area contributed by atoms with Gasteiger partial charge in [0.2, 0.25) is 6.19 Å². The van der Waals surface area contributed by atoms with Crippen LogP contribution in [0.4, 0.5) is 10.1 Å². The molecule has 1 aromatic rings. The van der Waals surface area contributed by atoms with Gasteiger partial charge < -0.3 is 0 Å². The standard InChI is InChI=1S/C10H11FN4S2/c11-8-1-3-9(4-2-8)14-15-10(13-7-12)17-6-5-16/h1-4,14,16H,5-6H2,(H,13,15). The minimum Gasteiger partial charge on any atom is -0.299 e. The quantitative estimate of drug-likeness (QED) is 0.258. The van der Waals surface area contributed by atoms with Gasteiger partial charge in [-0.1, -0.05) is 11.8 Å². The lowest BCUT2D eigenvalue weighted by Gasteiger charge is -2.09. The number of anilines is 1. The van der Waals surface area contributed by atoms with Crippen molar-refractivity contribution in [1.29, 1.82) is 5.26 Å². The molecule has 0 heterocycles. The van der Waals surface area contributed by atoms with E-state index in [4.69, 9.17) is 5.26 Å². The topological polar surface area (TPSA) is 60.2 Å². The molecule has 17 heavy (non-hydrogen) atoms. The smallest absolute Gasteiger partial charge is 0.208 e. The number of thiol groups is 1. The summed E-state index contributed by atoms with van der Waals surface area (Å²) in [7, 11) is 0. The number of aliphatic imine (C=N–C) groups is 1. The van der Waals surface area contributed by atoms with Gasteiger partial charge in [-0.15, -0.1) is 4.99 Å². The van der Waals surface area contributed by atoms with Crippen molar-refractivity contribution in [2.75, 3.05) is 16.9 Å². The van der Waals surface area contributed by atoms with Crippen molar-refractivity contribution in [2.24, 2.45) is 4.99 Å². The van der Waals surface area contributed by atoms with Gasteiger partial charge in [0.15, 0.2) is 5.17 Å². The normalized spacial score (nSPS) is 10.8. The van der Waals surface area contributed by atoms with E-state index in [0.29, 0.717) is 16.6 Å². The molecule has 0 aliphatic rings. The summed E-state index contributed by atoms with van der Waals surface area (Å²) in [6, 6.07) is 5.84. The van der Waals surface area contributed by atoms with Crippen LogP contribution in [0, 0.1) is 17.3 Å². The van der Waals surface area contributed by atoms with Crippen LogP contribution in [0.15, 0.2) is 29.3 Å². The molecule has 0 aliphatic carbocycles. The summed E-state index contributed by atoms with van der Waals surface area (Å²) in [6.45, 7) is 0. The first kappa shape index (κ1) is 13.7. The number of nitriles is 1. The van der Waals surface area contributed by atoms with E-state index >= 15 is 0 Å². The fraction of sp³-hybridized carbons (Fsp3) is 0.200. The Hall–Kier alpha value is -1.39. The third kappa shape index (κ3) is 5.47. The lowest BCUT2D eigenvalue weighted by atomic mass is 10.3. The van der Waals surface area contributed by atoms with Gasteiger partial charge in [0.1, 0.15) is 5.82 Å². The molecule has 0 aliphatic heterocycles. The summed E-state index contributed by atoms with van der Waals surface area (Å²) in [5.74, 6) is 1.13. The highest BCUT2D eigenvalue weighted by Gasteiger charge is 1.99. The first-order valence-electron chi connectivity index (χ1n) is 4.74. The Morgan fingerprint density at radius 1 is 1.47 bits per heavy atom. The maximum Gasteiger partial charge on any atom is 0.208 e. The lowest BCUT2D eigenvalue weighted by molar-refractivity contribution is 0.628. The van der Waals surface area contributed by atoms with Gasteiger partial charge in [0.25, 0.3) is 0 Å². The number of thioether (sulfide) groups is 1. The van der Waals surface area contributed by atoms with Crippen LogP contribution >= 0.6 is 24.4 Å². The number of benzene rings is 1. The lowest BCUT2D eigenvalue weighted by Crippen LogP contribution is -2.27. The van der Waals surface area contributed by atoms with Crippen LogP contribution in [-0.4, -0.2) is 16.7 Å². The van der Waals surface area contributed by atoms with E-state index in [1.807, 2.05) is 0 Å². The molecule has 4 nitrogen and oxygen atoms in total. The molecule has 1 rings (SSSR count). The third-order valence-electron chi connectivity index (χ3n) is 1.64. The fourth-order valence-corrected chi connectivity index (χ4v) is 1.73. The second-order valence-electron chi connectivity index (χ2n) is 2.85. The maximum atomic E-state index is 12.6. The minimum absolute atomic E-state index is 0.300. The van der Waals surface area contributed by atoms with Crippen molar-refractivity contribution in [1.82, 2.24) is 5.43 Å². The monoisotopic (exact) mass is 270 g/mol. The molecule has 7 heteroatoms. The molecule has 1 aromatic carbocycles. The van der Waals surface area contributed by atoms with Crippen molar-refractivity contribution < 1.29 is 4.39 Å². The van der Waals surface area contributed by atoms with Gasteiger partial charge in [-0.05, 0) is 30.0 Å². The van der Waals surface area contributed by atoms with Gasteiger partial charge in [-0.3, -0.25) is 10.9 Å². The molecular formula is C10H11FN4S2. The van der Waals surface area contributed by atoms with E-state index in [-0.39, 0.29) is 5.82 Å². The Balaban J connectivity index is 2.49. The summed E-state index contributed by atoms with van der Waals surface area (Å²) < 4.78 is 12.6. The number of amidine groups is 1. The Morgan fingerprint density at radius 3 is 2.76 bits per heavy atom. The highest BCUT2D eigenvalue weighted by atomic mass is 32.2. The number of hydrogen-bond donors (Lipinski definition) is 3. The number of nitrogens with one attached hydrogen (secondary N) is 2.